The molecule has 1 aliphatic carbocycles. The van der Waals surface area contributed by atoms with Crippen molar-refractivity contribution < 1.29 is 12.9 Å². The molecule has 0 N–H and O–H groups in total. The van der Waals surface area contributed by atoms with Crippen LogP contribution in [-0.4, -0.2) is 55.1 Å². The van der Waals surface area contributed by atoms with Gasteiger partial charge >= 0.3 is 0 Å². The highest BCUT2D eigenvalue weighted by Crippen LogP contribution is 2.39. The molecule has 0 aromatic carbocycles. The molecular weight excluding hydrogens is 290 g/mol. The van der Waals surface area contributed by atoms with E-state index in [1.165, 1.54) is 19.1 Å². The van der Waals surface area contributed by atoms with Crippen LogP contribution in [0.25, 0.3) is 0 Å². The van der Waals surface area contributed by atoms with Crippen LogP contribution in [0.5, 0.6) is 0 Å². The molecule has 1 aromatic heterocycles. The van der Waals surface area contributed by atoms with Gasteiger partial charge in [-0.1, -0.05) is 5.16 Å². The first-order valence-electron chi connectivity index (χ1n) is 7.75. The third-order valence-electron chi connectivity index (χ3n) is 4.24. The third kappa shape index (κ3) is 4.26. The number of rotatable bonds is 6. The largest absolute Gasteiger partial charge is 0.339 e. The summed E-state index contributed by atoms with van der Waals surface area (Å²) in [5.74, 6) is 2.74. The smallest absolute Gasteiger partial charge is 0.229 e. The lowest BCUT2D eigenvalue weighted by Gasteiger charge is -2.31. The molecule has 0 amide bonds. The molecule has 2 heterocycles. The van der Waals surface area contributed by atoms with Crippen molar-refractivity contribution >= 4 is 9.84 Å². The maximum atomic E-state index is 11.2. The Balaban J connectivity index is 1.52. The van der Waals surface area contributed by atoms with Crippen LogP contribution in [0.3, 0.4) is 0 Å². The quantitative estimate of drug-likeness (QED) is 0.793. The van der Waals surface area contributed by atoms with Crippen molar-refractivity contribution in [3.05, 3.63) is 11.7 Å². The third-order valence-corrected chi connectivity index (χ3v) is 5.27. The van der Waals surface area contributed by atoms with Crippen LogP contribution in [0.15, 0.2) is 4.52 Å². The second kappa shape index (κ2) is 6.04. The van der Waals surface area contributed by atoms with Crippen LogP contribution in [0.2, 0.25) is 0 Å². The van der Waals surface area contributed by atoms with Crippen molar-refractivity contribution in [2.75, 3.05) is 31.6 Å². The predicted molar refractivity (Wildman–Crippen MR) is 79.0 cm³/mol. The van der Waals surface area contributed by atoms with E-state index in [1.54, 1.807) is 0 Å². The minimum atomic E-state index is -2.86. The minimum absolute atomic E-state index is 0.266. The van der Waals surface area contributed by atoms with Gasteiger partial charge in [0.25, 0.3) is 0 Å². The van der Waals surface area contributed by atoms with Crippen molar-refractivity contribution in [1.29, 1.82) is 0 Å². The van der Waals surface area contributed by atoms with E-state index in [0.717, 1.165) is 44.2 Å². The van der Waals surface area contributed by atoms with Crippen LogP contribution >= 0.6 is 0 Å². The zero-order valence-corrected chi connectivity index (χ0v) is 13.3. The molecule has 21 heavy (non-hydrogen) atoms. The molecule has 0 radical (unpaired) electrons. The second-order valence-electron chi connectivity index (χ2n) is 6.39. The Labute approximate surface area is 125 Å². The summed E-state index contributed by atoms with van der Waals surface area (Å²) in [6.45, 7) is 2.78. The monoisotopic (exact) mass is 313 g/mol. The summed E-state index contributed by atoms with van der Waals surface area (Å²) in [6, 6.07) is 0. The van der Waals surface area contributed by atoms with Crippen LogP contribution in [0.4, 0.5) is 0 Å². The van der Waals surface area contributed by atoms with Gasteiger partial charge in [-0.3, -0.25) is 0 Å². The van der Waals surface area contributed by atoms with E-state index < -0.39 is 9.84 Å². The fourth-order valence-corrected chi connectivity index (χ4v) is 3.58. The van der Waals surface area contributed by atoms with E-state index in [0.29, 0.717) is 18.3 Å². The molecule has 1 aromatic rings. The zero-order chi connectivity index (χ0) is 14.9. The molecule has 0 unspecified atom stereocenters. The van der Waals surface area contributed by atoms with Gasteiger partial charge in [-0.05, 0) is 45.2 Å². The highest BCUT2D eigenvalue weighted by Gasteiger charge is 2.32. The molecule has 2 aliphatic rings. The van der Waals surface area contributed by atoms with Crippen molar-refractivity contribution in [2.24, 2.45) is 0 Å². The minimum Gasteiger partial charge on any atom is -0.339 e. The molecule has 0 bridgehead atoms. The molecule has 1 saturated carbocycles. The molecular formula is C14H23N3O3S. The van der Waals surface area contributed by atoms with E-state index in [2.05, 4.69) is 15.0 Å². The predicted octanol–water partition coefficient (Wildman–Crippen LogP) is 1.56. The molecule has 7 heteroatoms. The lowest BCUT2D eigenvalue weighted by Crippen LogP contribution is -2.36. The van der Waals surface area contributed by atoms with Crippen molar-refractivity contribution in [3.8, 4) is 0 Å². The summed E-state index contributed by atoms with van der Waals surface area (Å²) in [5, 5.41) is 4.15. The summed E-state index contributed by atoms with van der Waals surface area (Å²) >= 11 is 0. The van der Waals surface area contributed by atoms with E-state index in [4.69, 9.17) is 4.52 Å². The van der Waals surface area contributed by atoms with Gasteiger partial charge in [0.2, 0.25) is 5.89 Å². The highest BCUT2D eigenvalue weighted by molar-refractivity contribution is 7.90. The summed E-state index contributed by atoms with van der Waals surface area (Å²) in [7, 11) is -2.86. The first-order valence-corrected chi connectivity index (χ1v) is 9.81. The molecule has 1 saturated heterocycles. The SMILES string of the molecule is CS(=O)(=O)CCCN1CCC[C@@H](c2noc(C3CC3)n2)C1. The van der Waals surface area contributed by atoms with Gasteiger partial charge in [0.1, 0.15) is 9.84 Å². The average molecular weight is 313 g/mol. The van der Waals surface area contributed by atoms with E-state index >= 15 is 0 Å². The van der Waals surface area contributed by atoms with Gasteiger partial charge in [-0.15, -0.1) is 0 Å². The Bertz CT molecular complexity index is 580. The van der Waals surface area contributed by atoms with Crippen LogP contribution in [-0.2, 0) is 9.84 Å². The van der Waals surface area contributed by atoms with Gasteiger partial charge in [0.15, 0.2) is 5.82 Å². The second-order valence-corrected chi connectivity index (χ2v) is 8.65. The number of aromatic nitrogens is 2. The first kappa shape index (κ1) is 15.0. The van der Waals surface area contributed by atoms with Gasteiger partial charge in [0.05, 0.1) is 5.75 Å². The molecule has 2 fully saturated rings. The van der Waals surface area contributed by atoms with E-state index in [1.807, 2.05) is 0 Å². The topological polar surface area (TPSA) is 76.3 Å². The maximum absolute atomic E-state index is 11.2. The lowest BCUT2D eigenvalue weighted by molar-refractivity contribution is 0.203. The lowest BCUT2D eigenvalue weighted by atomic mass is 9.97. The molecule has 6 nitrogen and oxygen atoms in total. The number of hydrogen-bond acceptors (Lipinski definition) is 6. The van der Waals surface area contributed by atoms with Crippen LogP contribution in [0, 0.1) is 0 Å². The standard InChI is InChI=1S/C14H23N3O3S/c1-21(18,19)9-3-8-17-7-2-4-12(10-17)13-15-14(20-16-13)11-5-6-11/h11-12H,2-10H2,1H3/t12-/m1/s1. The molecule has 1 aliphatic heterocycles. The maximum Gasteiger partial charge on any atom is 0.229 e. The summed E-state index contributed by atoms with van der Waals surface area (Å²) in [4.78, 5) is 6.88. The summed E-state index contributed by atoms with van der Waals surface area (Å²) in [5.41, 5.74) is 0. The molecule has 1 atom stereocenters. The van der Waals surface area contributed by atoms with E-state index in [9.17, 15) is 8.42 Å². The molecule has 118 valence electrons. The number of likely N-dealkylation sites (tertiary alicyclic amines) is 1. The Morgan fingerprint density at radius 1 is 1.29 bits per heavy atom. The average Bonchev–Trinajstić information content (AvgIpc) is 3.15. The summed E-state index contributed by atoms with van der Waals surface area (Å²) < 4.78 is 27.7. The van der Waals surface area contributed by atoms with E-state index in [-0.39, 0.29) is 5.75 Å². The highest BCUT2D eigenvalue weighted by atomic mass is 32.2. The van der Waals surface area contributed by atoms with Crippen molar-refractivity contribution in [2.45, 2.75) is 43.9 Å². The Hall–Kier alpha value is -0.950. The summed E-state index contributed by atoms with van der Waals surface area (Å²) in [6.07, 6.45) is 6.53. The Morgan fingerprint density at radius 2 is 2.10 bits per heavy atom. The van der Waals surface area contributed by atoms with Gasteiger partial charge in [-0.25, -0.2) is 8.42 Å². The van der Waals surface area contributed by atoms with Crippen molar-refractivity contribution in [1.82, 2.24) is 15.0 Å². The van der Waals surface area contributed by atoms with Gasteiger partial charge in [-0.2, -0.15) is 4.98 Å². The number of nitrogens with zero attached hydrogens (tertiary/aromatic N) is 3. The van der Waals surface area contributed by atoms with Crippen molar-refractivity contribution in [3.63, 3.8) is 0 Å². The van der Waals surface area contributed by atoms with Gasteiger partial charge < -0.3 is 9.42 Å². The number of piperidine rings is 1. The Kier molecular flexibility index (Phi) is 4.31. The fourth-order valence-electron chi connectivity index (χ4n) is 2.93. The number of hydrogen-bond donors (Lipinski definition) is 0. The Morgan fingerprint density at radius 3 is 2.81 bits per heavy atom. The first-order chi connectivity index (χ1) is 10.0. The van der Waals surface area contributed by atoms with Crippen LogP contribution < -0.4 is 0 Å². The van der Waals surface area contributed by atoms with Gasteiger partial charge in [0, 0.05) is 24.6 Å². The molecule has 0 spiro atoms. The number of sulfone groups is 1. The van der Waals surface area contributed by atoms with Crippen LogP contribution in [0.1, 0.15) is 55.7 Å². The normalized spacial score (nSPS) is 24.3. The zero-order valence-electron chi connectivity index (χ0n) is 12.5. The fraction of sp³-hybridized carbons (Fsp3) is 0.857. The molecule has 3 rings (SSSR count).